The summed E-state index contributed by atoms with van der Waals surface area (Å²) in [5.74, 6) is -4.32. The molecule has 4 atom stereocenters. The molecule has 0 fully saturated rings. The van der Waals surface area contributed by atoms with E-state index < -0.39 is 53.6 Å². The lowest BCUT2D eigenvalue weighted by Crippen LogP contribution is -2.57. The fourth-order valence-corrected chi connectivity index (χ4v) is 2.99. The fraction of sp³-hybridized carbons (Fsp3) is 0.700. The van der Waals surface area contributed by atoms with Gasteiger partial charge in [0.25, 0.3) is 5.91 Å². The molecule has 0 saturated carbocycles. The Bertz CT molecular complexity index is 728. The number of amides is 4. The van der Waals surface area contributed by atoms with E-state index in [0.29, 0.717) is 12.8 Å². The standard InChI is InChI=1S/C20H37N7O6/c1-5-11(4)14(27-17(30)13(9-10(2)3)26-20(32)33)15(28)18(31)25-12(16(21)29)7-6-8-24-19(22)23/h10-14,26H,5-9H2,1-4H3,(H2,21,29)(H,25,31)(H,27,30)(H,32,33)(H4,22,23,24)/t11-,12-,13-,14?/m0/s1. The van der Waals surface area contributed by atoms with Gasteiger partial charge in [-0.05, 0) is 31.1 Å². The summed E-state index contributed by atoms with van der Waals surface area (Å²) in [7, 11) is 0. The SMILES string of the molecule is CC[C@H](C)C(NC(=O)[C@H](CC(C)C)NC(=O)O)C(=O)C(=O)N[C@@H](CCCNC(=N)N)C(N)=O. The molecule has 1 unspecified atom stereocenters. The molecule has 0 aliphatic heterocycles. The largest absolute Gasteiger partial charge is 0.465 e. The summed E-state index contributed by atoms with van der Waals surface area (Å²) >= 11 is 0. The number of hydrogen-bond donors (Lipinski definition) is 8. The van der Waals surface area contributed by atoms with Gasteiger partial charge in [-0.1, -0.05) is 34.1 Å². The van der Waals surface area contributed by atoms with Gasteiger partial charge < -0.3 is 37.8 Å². The molecule has 0 bridgehead atoms. The van der Waals surface area contributed by atoms with Crippen LogP contribution in [0.25, 0.3) is 0 Å². The second-order valence-corrected chi connectivity index (χ2v) is 8.28. The van der Waals surface area contributed by atoms with Gasteiger partial charge in [-0.15, -0.1) is 0 Å². The molecular weight excluding hydrogens is 434 g/mol. The lowest BCUT2D eigenvalue weighted by atomic mass is 9.93. The van der Waals surface area contributed by atoms with Gasteiger partial charge in [0.2, 0.25) is 17.6 Å². The zero-order valence-electron chi connectivity index (χ0n) is 19.6. The Kier molecular flexibility index (Phi) is 13.1. The molecule has 13 heteroatoms. The van der Waals surface area contributed by atoms with Crippen molar-refractivity contribution >= 4 is 35.6 Å². The quantitative estimate of drug-likeness (QED) is 0.0637. The van der Waals surface area contributed by atoms with E-state index in [9.17, 15) is 24.0 Å². The lowest BCUT2D eigenvalue weighted by molar-refractivity contribution is -0.142. The highest BCUT2D eigenvalue weighted by atomic mass is 16.4. The Balaban J connectivity index is 5.36. The van der Waals surface area contributed by atoms with Crippen LogP contribution in [0.1, 0.15) is 53.4 Å². The van der Waals surface area contributed by atoms with Crippen LogP contribution in [0.2, 0.25) is 0 Å². The molecule has 10 N–H and O–H groups in total. The van der Waals surface area contributed by atoms with Crippen molar-refractivity contribution in [1.82, 2.24) is 21.3 Å². The van der Waals surface area contributed by atoms with E-state index in [1.165, 1.54) is 0 Å². The summed E-state index contributed by atoms with van der Waals surface area (Å²) < 4.78 is 0. The molecule has 4 amide bonds. The average molecular weight is 472 g/mol. The minimum absolute atomic E-state index is 0.0116. The molecule has 0 rings (SSSR count). The second-order valence-electron chi connectivity index (χ2n) is 8.28. The van der Waals surface area contributed by atoms with Crippen LogP contribution >= 0.6 is 0 Å². The van der Waals surface area contributed by atoms with Gasteiger partial charge >= 0.3 is 6.09 Å². The zero-order chi connectivity index (χ0) is 25.7. The normalized spacial score (nSPS) is 14.3. The molecule has 0 heterocycles. The fourth-order valence-electron chi connectivity index (χ4n) is 2.99. The number of guanidine groups is 1. The summed E-state index contributed by atoms with van der Waals surface area (Å²) in [6, 6.07) is -3.46. The van der Waals surface area contributed by atoms with Crippen molar-refractivity contribution in [2.75, 3.05) is 6.54 Å². The molecule has 0 aromatic heterocycles. The molecule has 33 heavy (non-hydrogen) atoms. The highest BCUT2D eigenvalue weighted by Crippen LogP contribution is 2.12. The second kappa shape index (κ2) is 14.6. The van der Waals surface area contributed by atoms with Crippen LogP contribution in [0.15, 0.2) is 0 Å². The first-order chi connectivity index (χ1) is 15.3. The van der Waals surface area contributed by atoms with Crippen molar-refractivity contribution in [3.8, 4) is 0 Å². The maximum atomic E-state index is 12.9. The Morgan fingerprint density at radius 1 is 0.970 bits per heavy atom. The predicted octanol–water partition coefficient (Wildman–Crippen LogP) is -0.998. The number of carboxylic acid groups (broad SMARTS) is 1. The third-order valence-electron chi connectivity index (χ3n) is 4.97. The number of primary amides is 1. The summed E-state index contributed by atoms with van der Waals surface area (Å²) in [6.45, 7) is 7.32. The van der Waals surface area contributed by atoms with E-state index in [4.69, 9.17) is 22.0 Å². The molecule has 13 nitrogen and oxygen atoms in total. The third kappa shape index (κ3) is 11.7. The van der Waals surface area contributed by atoms with Crippen LogP contribution < -0.4 is 32.7 Å². The number of nitrogens with one attached hydrogen (secondary N) is 5. The van der Waals surface area contributed by atoms with Crippen molar-refractivity contribution in [2.24, 2.45) is 23.3 Å². The van der Waals surface area contributed by atoms with Gasteiger partial charge in [0.05, 0.1) is 6.04 Å². The Labute approximate surface area is 193 Å². The number of hydrogen-bond acceptors (Lipinski definition) is 6. The van der Waals surface area contributed by atoms with Crippen LogP contribution in [0, 0.1) is 17.2 Å². The zero-order valence-corrected chi connectivity index (χ0v) is 19.6. The van der Waals surface area contributed by atoms with Crippen molar-refractivity contribution in [3.63, 3.8) is 0 Å². The lowest BCUT2D eigenvalue weighted by Gasteiger charge is -2.26. The number of ketones is 1. The van der Waals surface area contributed by atoms with Crippen LogP contribution in [0.4, 0.5) is 4.79 Å². The van der Waals surface area contributed by atoms with Gasteiger partial charge in [-0.2, -0.15) is 0 Å². The van der Waals surface area contributed by atoms with E-state index in [1.54, 1.807) is 13.8 Å². The molecule has 0 radical (unpaired) electrons. The number of rotatable bonds is 15. The van der Waals surface area contributed by atoms with E-state index in [1.807, 2.05) is 13.8 Å². The van der Waals surface area contributed by atoms with Crippen molar-refractivity contribution in [1.29, 1.82) is 5.41 Å². The Hall–Kier alpha value is -3.38. The van der Waals surface area contributed by atoms with Gasteiger partial charge in [-0.25, -0.2) is 4.79 Å². The maximum Gasteiger partial charge on any atom is 0.405 e. The molecule has 0 aromatic carbocycles. The minimum Gasteiger partial charge on any atom is -0.465 e. The number of carbonyl (C=O) groups excluding carboxylic acids is 4. The Morgan fingerprint density at radius 2 is 1.58 bits per heavy atom. The first kappa shape index (κ1) is 29.6. The van der Waals surface area contributed by atoms with E-state index >= 15 is 0 Å². The third-order valence-corrected chi connectivity index (χ3v) is 4.97. The Morgan fingerprint density at radius 3 is 2.03 bits per heavy atom. The molecule has 0 spiro atoms. The molecule has 188 valence electrons. The van der Waals surface area contributed by atoms with Crippen LogP contribution in [0.3, 0.4) is 0 Å². The van der Waals surface area contributed by atoms with Gasteiger partial charge in [0.1, 0.15) is 12.1 Å². The van der Waals surface area contributed by atoms with Gasteiger partial charge in [-0.3, -0.25) is 24.6 Å². The summed E-state index contributed by atoms with van der Waals surface area (Å²) in [5.41, 5.74) is 10.5. The number of nitrogens with two attached hydrogens (primary N) is 2. The van der Waals surface area contributed by atoms with E-state index in [0.717, 1.165) is 0 Å². The molecule has 0 aliphatic rings. The van der Waals surface area contributed by atoms with E-state index in [-0.39, 0.29) is 31.3 Å². The van der Waals surface area contributed by atoms with Crippen LogP contribution in [-0.2, 0) is 19.2 Å². The van der Waals surface area contributed by atoms with E-state index in [2.05, 4.69) is 21.3 Å². The topological polar surface area (TPSA) is 230 Å². The number of Topliss-reactive ketones (excluding diaryl/α,β-unsaturated/α-hetero) is 1. The monoisotopic (exact) mass is 471 g/mol. The summed E-state index contributed by atoms with van der Waals surface area (Å²) in [6.07, 6.45) is -0.298. The van der Waals surface area contributed by atoms with Crippen molar-refractivity contribution < 1.29 is 29.1 Å². The van der Waals surface area contributed by atoms with Crippen LogP contribution in [-0.4, -0.2) is 65.3 Å². The first-order valence-electron chi connectivity index (χ1n) is 10.8. The molecule has 0 aliphatic carbocycles. The number of carbonyl (C=O) groups is 5. The van der Waals surface area contributed by atoms with Crippen molar-refractivity contribution in [2.45, 2.75) is 71.5 Å². The first-order valence-corrected chi connectivity index (χ1v) is 10.8. The molecular formula is C20H37N7O6. The average Bonchev–Trinajstić information content (AvgIpc) is 2.71. The maximum absolute atomic E-state index is 12.9. The highest BCUT2D eigenvalue weighted by Gasteiger charge is 2.34. The van der Waals surface area contributed by atoms with Crippen LogP contribution in [0.5, 0.6) is 0 Å². The molecule has 0 saturated heterocycles. The minimum atomic E-state index is -1.39. The van der Waals surface area contributed by atoms with Crippen molar-refractivity contribution in [3.05, 3.63) is 0 Å². The predicted molar refractivity (Wildman–Crippen MR) is 121 cm³/mol. The summed E-state index contributed by atoms with van der Waals surface area (Å²) in [5, 5.41) is 25.6. The molecule has 0 aromatic rings. The summed E-state index contributed by atoms with van der Waals surface area (Å²) in [4.78, 5) is 60.9. The highest BCUT2D eigenvalue weighted by molar-refractivity contribution is 6.38. The van der Waals surface area contributed by atoms with Gasteiger partial charge in [0.15, 0.2) is 5.96 Å². The smallest absolute Gasteiger partial charge is 0.405 e. The van der Waals surface area contributed by atoms with Gasteiger partial charge in [0, 0.05) is 6.54 Å².